The van der Waals surface area contributed by atoms with Crippen LogP contribution in [0, 0.1) is 0 Å². The van der Waals surface area contributed by atoms with Crippen LogP contribution in [-0.2, 0) is 16.0 Å². The summed E-state index contributed by atoms with van der Waals surface area (Å²) in [6.07, 6.45) is 2.34. The Morgan fingerprint density at radius 2 is 2.16 bits per heavy atom. The van der Waals surface area contributed by atoms with Crippen molar-refractivity contribution in [3.8, 4) is 5.75 Å². The molecule has 2 aromatic rings. The highest BCUT2D eigenvalue weighted by Crippen LogP contribution is 2.26. The van der Waals surface area contributed by atoms with Crippen LogP contribution in [0.1, 0.15) is 15.9 Å². The van der Waals surface area contributed by atoms with Crippen molar-refractivity contribution in [3.05, 3.63) is 42.0 Å². The summed E-state index contributed by atoms with van der Waals surface area (Å²) in [5.74, 6) is 0.198. The summed E-state index contributed by atoms with van der Waals surface area (Å²) in [5, 5.41) is 10.9. The number of anilines is 1. The molecule has 132 valence electrons. The first-order chi connectivity index (χ1) is 12.1. The lowest BCUT2D eigenvalue weighted by atomic mass is 10.1. The topological polar surface area (TPSA) is 90.4 Å². The molecule has 0 fully saturated rings. The van der Waals surface area contributed by atoms with E-state index in [1.54, 1.807) is 31.4 Å². The van der Waals surface area contributed by atoms with E-state index < -0.39 is 0 Å². The molecule has 0 aliphatic rings. The van der Waals surface area contributed by atoms with E-state index in [9.17, 15) is 9.59 Å². The number of nitrogens with zero attached hydrogens (tertiary/aromatic N) is 2. The van der Waals surface area contributed by atoms with Gasteiger partial charge in [-0.1, -0.05) is 29.2 Å². The van der Waals surface area contributed by atoms with Crippen molar-refractivity contribution in [1.82, 2.24) is 10.2 Å². The fraction of sp³-hybridized carbons (Fsp3) is 0.250. The minimum Gasteiger partial charge on any atom is -0.496 e. The zero-order valence-corrected chi connectivity index (χ0v) is 15.4. The summed E-state index contributed by atoms with van der Waals surface area (Å²) in [7, 11) is 2.90. The van der Waals surface area contributed by atoms with Crippen molar-refractivity contribution >= 4 is 40.1 Å². The predicted octanol–water partition coefficient (Wildman–Crippen LogP) is 2.79. The highest BCUT2D eigenvalue weighted by atomic mass is 32.2. The molecule has 2 rings (SSSR count). The first-order valence-corrected chi connectivity index (χ1v) is 8.99. The summed E-state index contributed by atoms with van der Waals surface area (Å²) in [6.45, 7) is 3.70. The zero-order chi connectivity index (χ0) is 18.2. The SMILES string of the molecule is C=CCc1cc(C(=O)Nc2nnc(SCC(=O)OC)s2)ccc1OC. The molecule has 1 aromatic heterocycles. The molecule has 0 saturated heterocycles. The van der Waals surface area contributed by atoms with Crippen molar-refractivity contribution in [1.29, 1.82) is 0 Å². The van der Waals surface area contributed by atoms with Crippen LogP contribution in [0.15, 0.2) is 35.2 Å². The molecule has 0 saturated carbocycles. The largest absolute Gasteiger partial charge is 0.496 e. The Bertz CT molecular complexity index is 776. The number of allylic oxidation sites excluding steroid dienone is 1. The molecule has 0 bridgehead atoms. The van der Waals surface area contributed by atoms with Gasteiger partial charge in [-0.25, -0.2) is 0 Å². The number of amides is 1. The lowest BCUT2D eigenvalue weighted by Crippen LogP contribution is -2.12. The highest BCUT2D eigenvalue weighted by molar-refractivity contribution is 8.01. The van der Waals surface area contributed by atoms with E-state index in [0.29, 0.717) is 27.2 Å². The standard InChI is InChI=1S/C16H17N3O4S2/c1-4-5-10-8-11(6-7-12(10)22-2)14(21)17-15-18-19-16(25-15)24-9-13(20)23-3/h4,6-8H,1,5,9H2,2-3H3,(H,17,18,21). The monoisotopic (exact) mass is 379 g/mol. The molecule has 25 heavy (non-hydrogen) atoms. The first kappa shape index (κ1) is 18.9. The summed E-state index contributed by atoms with van der Waals surface area (Å²) in [5.41, 5.74) is 1.35. The molecule has 1 heterocycles. The minimum atomic E-state index is -0.348. The van der Waals surface area contributed by atoms with Gasteiger partial charge in [-0.3, -0.25) is 14.9 Å². The zero-order valence-electron chi connectivity index (χ0n) is 13.8. The van der Waals surface area contributed by atoms with E-state index in [-0.39, 0.29) is 17.6 Å². The normalized spacial score (nSPS) is 10.2. The first-order valence-electron chi connectivity index (χ1n) is 7.19. The molecule has 1 aromatic carbocycles. The second kappa shape index (κ2) is 9.19. The van der Waals surface area contributed by atoms with Gasteiger partial charge >= 0.3 is 5.97 Å². The number of nitrogens with one attached hydrogen (secondary N) is 1. The van der Waals surface area contributed by atoms with Crippen LogP contribution in [0.5, 0.6) is 5.75 Å². The number of methoxy groups -OCH3 is 2. The van der Waals surface area contributed by atoms with Crippen LogP contribution < -0.4 is 10.1 Å². The second-order valence-corrected chi connectivity index (χ2v) is 6.91. The molecular formula is C16H17N3O4S2. The molecule has 0 aliphatic carbocycles. The number of hydrogen-bond acceptors (Lipinski definition) is 8. The average molecular weight is 379 g/mol. The Morgan fingerprint density at radius 1 is 1.36 bits per heavy atom. The van der Waals surface area contributed by atoms with E-state index in [0.717, 1.165) is 5.56 Å². The number of carbonyl (C=O) groups is 2. The lowest BCUT2D eigenvalue weighted by molar-refractivity contribution is -0.137. The van der Waals surface area contributed by atoms with Crippen LogP contribution in [0.2, 0.25) is 0 Å². The van der Waals surface area contributed by atoms with Crippen LogP contribution in [0.3, 0.4) is 0 Å². The predicted molar refractivity (Wildman–Crippen MR) is 97.5 cm³/mol. The van der Waals surface area contributed by atoms with E-state index >= 15 is 0 Å². The van der Waals surface area contributed by atoms with Gasteiger partial charge < -0.3 is 9.47 Å². The molecular weight excluding hydrogens is 362 g/mol. The van der Waals surface area contributed by atoms with Crippen molar-refractivity contribution in [3.63, 3.8) is 0 Å². The van der Waals surface area contributed by atoms with Crippen molar-refractivity contribution in [2.75, 3.05) is 25.3 Å². The van der Waals surface area contributed by atoms with Gasteiger partial charge in [-0.05, 0) is 30.2 Å². The number of ether oxygens (including phenoxy) is 2. The van der Waals surface area contributed by atoms with Gasteiger partial charge in [0.15, 0.2) is 4.34 Å². The summed E-state index contributed by atoms with van der Waals surface area (Å²) in [6, 6.07) is 5.17. The van der Waals surface area contributed by atoms with E-state index in [1.165, 1.54) is 30.2 Å². The third kappa shape index (κ3) is 5.30. The number of hydrogen-bond donors (Lipinski definition) is 1. The van der Waals surface area contributed by atoms with Crippen molar-refractivity contribution in [2.24, 2.45) is 0 Å². The smallest absolute Gasteiger partial charge is 0.316 e. The van der Waals surface area contributed by atoms with Crippen LogP contribution >= 0.6 is 23.1 Å². The molecule has 7 nitrogen and oxygen atoms in total. The van der Waals surface area contributed by atoms with Crippen LogP contribution in [0.25, 0.3) is 0 Å². The minimum absolute atomic E-state index is 0.141. The third-order valence-corrected chi connectivity index (χ3v) is 5.02. The molecule has 1 amide bonds. The van der Waals surface area contributed by atoms with Crippen molar-refractivity contribution < 1.29 is 19.1 Å². The van der Waals surface area contributed by atoms with Gasteiger partial charge in [0, 0.05) is 5.56 Å². The second-order valence-electron chi connectivity index (χ2n) is 4.71. The number of thioether (sulfide) groups is 1. The van der Waals surface area contributed by atoms with Gasteiger partial charge in [0.2, 0.25) is 5.13 Å². The maximum Gasteiger partial charge on any atom is 0.316 e. The fourth-order valence-electron chi connectivity index (χ4n) is 1.90. The quantitative estimate of drug-likeness (QED) is 0.326. The van der Waals surface area contributed by atoms with E-state index in [1.807, 2.05) is 0 Å². The van der Waals surface area contributed by atoms with Gasteiger partial charge in [-0.2, -0.15) is 0 Å². The highest BCUT2D eigenvalue weighted by Gasteiger charge is 2.13. The summed E-state index contributed by atoms with van der Waals surface area (Å²) >= 11 is 2.39. The Balaban J connectivity index is 2.04. The molecule has 9 heteroatoms. The van der Waals surface area contributed by atoms with Crippen LogP contribution in [-0.4, -0.2) is 42.0 Å². The van der Waals surface area contributed by atoms with Gasteiger partial charge in [0.05, 0.1) is 20.0 Å². The van der Waals surface area contributed by atoms with E-state index in [4.69, 9.17) is 4.74 Å². The Morgan fingerprint density at radius 3 is 2.84 bits per heavy atom. The number of aromatic nitrogens is 2. The lowest BCUT2D eigenvalue weighted by Gasteiger charge is -2.09. The van der Waals surface area contributed by atoms with E-state index in [2.05, 4.69) is 26.8 Å². The molecule has 0 unspecified atom stereocenters. The molecule has 0 spiro atoms. The summed E-state index contributed by atoms with van der Waals surface area (Å²) in [4.78, 5) is 23.5. The Hall–Kier alpha value is -2.39. The number of carbonyl (C=O) groups excluding carboxylic acids is 2. The maximum atomic E-state index is 12.4. The average Bonchev–Trinajstić information content (AvgIpc) is 3.07. The number of rotatable bonds is 8. The van der Waals surface area contributed by atoms with Gasteiger partial charge in [0.25, 0.3) is 5.91 Å². The summed E-state index contributed by atoms with van der Waals surface area (Å²) < 4.78 is 10.4. The number of benzene rings is 1. The van der Waals surface area contributed by atoms with Gasteiger partial charge in [-0.15, -0.1) is 16.8 Å². The maximum absolute atomic E-state index is 12.4. The number of esters is 1. The Labute approximate surface area is 153 Å². The third-order valence-electron chi connectivity index (χ3n) is 3.07. The van der Waals surface area contributed by atoms with Crippen LogP contribution in [0.4, 0.5) is 5.13 Å². The van der Waals surface area contributed by atoms with Crippen molar-refractivity contribution in [2.45, 2.75) is 10.8 Å². The fourth-order valence-corrected chi connectivity index (χ4v) is 3.48. The molecule has 0 radical (unpaired) electrons. The molecule has 0 aliphatic heterocycles. The molecule has 0 atom stereocenters. The molecule has 1 N–H and O–H groups in total. The Kier molecular flexibility index (Phi) is 6.96. The van der Waals surface area contributed by atoms with Gasteiger partial charge in [0.1, 0.15) is 5.75 Å².